The van der Waals surface area contributed by atoms with Crippen LogP contribution in [-0.4, -0.2) is 33.4 Å². The van der Waals surface area contributed by atoms with Gasteiger partial charge < -0.3 is 9.84 Å². The molecule has 8 heteroatoms. The molecule has 0 atom stereocenters. The van der Waals surface area contributed by atoms with Crippen LogP contribution in [0.25, 0.3) is 0 Å². The van der Waals surface area contributed by atoms with Crippen molar-refractivity contribution >= 4 is 17.9 Å². The van der Waals surface area contributed by atoms with Crippen LogP contribution in [0.4, 0.5) is 5.69 Å². The van der Waals surface area contributed by atoms with Gasteiger partial charge in [-0.15, -0.1) is 0 Å². The number of rotatable bonds is 4. The zero-order valence-corrected chi connectivity index (χ0v) is 12.5. The summed E-state index contributed by atoms with van der Waals surface area (Å²) in [5.74, 6) is -1.01. The number of H-pyrrole nitrogens is 2. The molecule has 2 rings (SSSR count). The number of benzene rings is 1. The Kier molecular flexibility index (Phi) is 4.75. The number of hydrogen-bond acceptors (Lipinski definition) is 6. The predicted octanol–water partition coefficient (Wildman–Crippen LogP) is 1.08. The second-order valence-corrected chi connectivity index (χ2v) is 4.93. The molecule has 1 aromatic carbocycles. The molecule has 0 bridgehead atoms. The molecule has 3 N–H and O–H groups in total. The van der Waals surface area contributed by atoms with Crippen molar-refractivity contribution in [2.24, 2.45) is 4.99 Å². The van der Waals surface area contributed by atoms with E-state index in [4.69, 9.17) is 4.74 Å². The SMILES string of the molecule is CC(C)OC(=O)c1ccc(N=Cc2c(O)[nH]c(=O)[nH]c2=O)cc1. The number of nitrogens with zero attached hydrogens (tertiary/aromatic N) is 1. The first-order chi connectivity index (χ1) is 10.9. The van der Waals surface area contributed by atoms with Crippen LogP contribution in [0, 0.1) is 0 Å². The average molecular weight is 317 g/mol. The highest BCUT2D eigenvalue weighted by atomic mass is 16.5. The minimum Gasteiger partial charge on any atom is -0.494 e. The van der Waals surface area contributed by atoms with Crippen LogP contribution >= 0.6 is 0 Å². The molecule has 0 aliphatic heterocycles. The fourth-order valence-electron chi connectivity index (χ4n) is 1.71. The van der Waals surface area contributed by atoms with Crippen LogP contribution in [0.5, 0.6) is 5.88 Å². The highest BCUT2D eigenvalue weighted by molar-refractivity contribution is 5.90. The van der Waals surface area contributed by atoms with Gasteiger partial charge in [-0.2, -0.15) is 0 Å². The summed E-state index contributed by atoms with van der Waals surface area (Å²) in [6, 6.07) is 6.19. The first-order valence-electron chi connectivity index (χ1n) is 6.77. The van der Waals surface area contributed by atoms with Crippen molar-refractivity contribution in [2.45, 2.75) is 20.0 Å². The van der Waals surface area contributed by atoms with Gasteiger partial charge in [0.25, 0.3) is 5.56 Å². The molecule has 1 heterocycles. The highest BCUT2D eigenvalue weighted by Gasteiger charge is 2.09. The second kappa shape index (κ2) is 6.73. The lowest BCUT2D eigenvalue weighted by molar-refractivity contribution is 0.0378. The summed E-state index contributed by atoms with van der Waals surface area (Å²) >= 11 is 0. The molecule has 0 spiro atoms. The molecule has 2 aromatic rings. The standard InChI is InChI=1S/C15H15N3O5/c1-8(2)23-14(21)9-3-5-10(6-4-9)16-7-11-12(19)17-15(22)18-13(11)20/h3-8H,1-2H3,(H3,17,18,19,20,22). The van der Waals surface area contributed by atoms with Gasteiger partial charge in [0.2, 0.25) is 5.88 Å². The van der Waals surface area contributed by atoms with E-state index in [1.807, 2.05) is 4.98 Å². The molecule has 8 nitrogen and oxygen atoms in total. The van der Waals surface area contributed by atoms with Gasteiger partial charge in [-0.05, 0) is 38.1 Å². The van der Waals surface area contributed by atoms with Crippen LogP contribution in [0.15, 0.2) is 38.8 Å². The van der Waals surface area contributed by atoms with Gasteiger partial charge in [-0.1, -0.05) is 0 Å². The van der Waals surface area contributed by atoms with E-state index in [0.717, 1.165) is 6.21 Å². The minimum absolute atomic E-state index is 0.173. The molecule has 120 valence electrons. The Bertz CT molecular complexity index is 847. The maximum atomic E-state index is 11.7. The number of carbonyl (C=O) groups is 1. The monoisotopic (exact) mass is 317 g/mol. The van der Waals surface area contributed by atoms with Crippen LogP contribution in [0.1, 0.15) is 29.8 Å². The number of aromatic hydroxyl groups is 1. The van der Waals surface area contributed by atoms with E-state index in [1.54, 1.807) is 26.0 Å². The van der Waals surface area contributed by atoms with Crippen molar-refractivity contribution in [1.82, 2.24) is 9.97 Å². The zero-order chi connectivity index (χ0) is 17.0. The number of ether oxygens (including phenoxy) is 1. The van der Waals surface area contributed by atoms with Crippen molar-refractivity contribution in [3.8, 4) is 5.88 Å². The van der Waals surface area contributed by atoms with Gasteiger partial charge in [-0.25, -0.2) is 9.59 Å². The van der Waals surface area contributed by atoms with Gasteiger partial charge in [0, 0.05) is 6.21 Å². The van der Waals surface area contributed by atoms with E-state index in [-0.39, 0.29) is 11.7 Å². The molecule has 0 saturated carbocycles. The lowest BCUT2D eigenvalue weighted by Crippen LogP contribution is -2.24. The third-order valence-corrected chi connectivity index (χ3v) is 2.75. The van der Waals surface area contributed by atoms with Gasteiger partial charge in [-0.3, -0.25) is 19.8 Å². The number of aromatic nitrogens is 2. The topological polar surface area (TPSA) is 125 Å². The summed E-state index contributed by atoms with van der Waals surface area (Å²) in [6.07, 6.45) is 0.904. The van der Waals surface area contributed by atoms with Crippen molar-refractivity contribution in [2.75, 3.05) is 0 Å². The van der Waals surface area contributed by atoms with E-state index >= 15 is 0 Å². The fraction of sp³-hybridized carbons (Fsp3) is 0.200. The van der Waals surface area contributed by atoms with Crippen LogP contribution in [-0.2, 0) is 4.74 Å². The molecule has 1 aromatic heterocycles. The summed E-state index contributed by atoms with van der Waals surface area (Å²) in [5.41, 5.74) is -0.906. The number of carbonyl (C=O) groups excluding carboxylic acids is 1. The second-order valence-electron chi connectivity index (χ2n) is 4.93. The lowest BCUT2D eigenvalue weighted by atomic mass is 10.2. The quantitative estimate of drug-likeness (QED) is 0.575. The third-order valence-electron chi connectivity index (χ3n) is 2.75. The molecule has 0 amide bonds. The van der Waals surface area contributed by atoms with E-state index < -0.39 is 23.1 Å². The maximum absolute atomic E-state index is 11.7. The molecule has 0 aliphatic carbocycles. The molecule has 0 saturated heterocycles. The Balaban J connectivity index is 2.20. The molecule has 0 unspecified atom stereocenters. The molecule has 0 aliphatic rings. The van der Waals surface area contributed by atoms with Gasteiger partial charge >= 0.3 is 11.7 Å². The van der Waals surface area contributed by atoms with E-state index in [0.29, 0.717) is 11.3 Å². The molecular formula is C15H15N3O5. The largest absolute Gasteiger partial charge is 0.494 e. The summed E-state index contributed by atoms with van der Waals surface area (Å²) in [5, 5.41) is 9.52. The zero-order valence-electron chi connectivity index (χ0n) is 12.5. The van der Waals surface area contributed by atoms with Crippen LogP contribution in [0.3, 0.4) is 0 Å². The Morgan fingerprint density at radius 3 is 2.43 bits per heavy atom. The van der Waals surface area contributed by atoms with Crippen LogP contribution < -0.4 is 11.2 Å². The number of nitrogens with one attached hydrogen (secondary N) is 2. The third kappa shape index (κ3) is 4.16. The molecule has 23 heavy (non-hydrogen) atoms. The lowest BCUT2D eigenvalue weighted by Gasteiger charge is -2.07. The molecule has 0 radical (unpaired) electrons. The Labute approximate surface area is 130 Å². The van der Waals surface area contributed by atoms with E-state index in [1.165, 1.54) is 12.1 Å². The fourth-order valence-corrected chi connectivity index (χ4v) is 1.71. The average Bonchev–Trinajstić information content (AvgIpc) is 2.46. The van der Waals surface area contributed by atoms with Crippen molar-refractivity contribution in [3.05, 3.63) is 56.2 Å². The van der Waals surface area contributed by atoms with E-state index in [9.17, 15) is 19.5 Å². The maximum Gasteiger partial charge on any atom is 0.338 e. The number of esters is 1. The highest BCUT2D eigenvalue weighted by Crippen LogP contribution is 2.15. The van der Waals surface area contributed by atoms with Gasteiger partial charge in [0.15, 0.2) is 0 Å². The Morgan fingerprint density at radius 1 is 1.22 bits per heavy atom. The molecular weight excluding hydrogens is 302 g/mol. The smallest absolute Gasteiger partial charge is 0.338 e. The predicted molar refractivity (Wildman–Crippen MR) is 83.6 cm³/mol. The molecule has 0 fully saturated rings. The Morgan fingerprint density at radius 2 is 1.87 bits per heavy atom. The number of aromatic amines is 2. The van der Waals surface area contributed by atoms with Crippen LogP contribution in [0.2, 0.25) is 0 Å². The number of aliphatic imine (C=N–C) groups is 1. The minimum atomic E-state index is -0.808. The van der Waals surface area contributed by atoms with Crippen molar-refractivity contribution < 1.29 is 14.6 Å². The summed E-state index contributed by atoms with van der Waals surface area (Å²) in [6.45, 7) is 3.51. The first-order valence-corrected chi connectivity index (χ1v) is 6.77. The number of hydrogen-bond donors (Lipinski definition) is 3. The Hall–Kier alpha value is -3.16. The van der Waals surface area contributed by atoms with Crippen molar-refractivity contribution in [3.63, 3.8) is 0 Å². The summed E-state index contributed by atoms with van der Waals surface area (Å²) in [4.78, 5) is 42.2. The normalized spacial score (nSPS) is 11.1. The van der Waals surface area contributed by atoms with E-state index in [2.05, 4.69) is 9.98 Å². The first kappa shape index (κ1) is 16.2. The van der Waals surface area contributed by atoms with Crippen molar-refractivity contribution in [1.29, 1.82) is 0 Å². The summed E-state index contributed by atoms with van der Waals surface area (Å²) in [7, 11) is 0. The summed E-state index contributed by atoms with van der Waals surface area (Å²) < 4.78 is 5.06. The van der Waals surface area contributed by atoms with Gasteiger partial charge in [0.1, 0.15) is 5.56 Å². The van der Waals surface area contributed by atoms with Gasteiger partial charge in [0.05, 0.1) is 17.4 Å².